The molecule has 3 aromatic carbocycles. The predicted octanol–water partition coefficient (Wildman–Crippen LogP) is 7.84. The van der Waals surface area contributed by atoms with Gasteiger partial charge in [0.1, 0.15) is 23.0 Å². The molecule has 0 saturated carbocycles. The number of nitriles is 1. The minimum Gasteiger partial charge on any atom is -0.375 e. The number of fused-ring (bicyclic) bond motifs is 2. The fourth-order valence-electron chi connectivity index (χ4n) is 5.95. The smallest absolute Gasteiger partial charge is 0.181 e. The first kappa shape index (κ1) is 30.7. The Morgan fingerprint density at radius 2 is 1.84 bits per heavy atom. The number of pyridine rings is 1. The summed E-state index contributed by atoms with van der Waals surface area (Å²) in [4.78, 5) is 15.6. The molecule has 45 heavy (non-hydrogen) atoms. The molecule has 230 valence electrons. The van der Waals surface area contributed by atoms with Crippen molar-refractivity contribution in [3.63, 3.8) is 0 Å². The van der Waals surface area contributed by atoms with Crippen LogP contribution in [0.25, 0.3) is 43.5 Å². The average molecular weight is 644 g/mol. The standard InChI is InChI=1S/C34H32ClF2N7S/c1-5-11-43-12-14-44(15-13-43)32-23-17-25(35)27(22-9-10-26(36)33-31(22)41-34(39)45-33)28(37)30(23)40-29(24(32)18-38)21-8-6-7-20(16-21)19(2)42(3)4/h5-11,16-17,19H,12-15H2,1-4H3,(H2,39,41). The van der Waals surface area contributed by atoms with Crippen LogP contribution in [0.1, 0.15) is 31.0 Å². The highest BCUT2D eigenvalue weighted by Crippen LogP contribution is 2.45. The number of nitrogens with two attached hydrogens (primary N) is 1. The molecule has 7 nitrogen and oxygen atoms in total. The summed E-state index contributed by atoms with van der Waals surface area (Å²) in [6.07, 6.45) is 4.05. The monoisotopic (exact) mass is 643 g/mol. The number of piperazine rings is 1. The van der Waals surface area contributed by atoms with E-state index < -0.39 is 11.6 Å². The highest BCUT2D eigenvalue weighted by Gasteiger charge is 2.28. The number of nitrogens with zero attached hydrogens (tertiary/aromatic N) is 6. The fraction of sp³-hybridized carbons (Fsp3) is 0.265. The molecule has 6 rings (SSSR count). The van der Waals surface area contributed by atoms with E-state index in [1.165, 1.54) is 12.1 Å². The molecule has 1 unspecified atom stereocenters. The zero-order chi connectivity index (χ0) is 32.0. The van der Waals surface area contributed by atoms with Crippen molar-refractivity contribution in [3.8, 4) is 28.5 Å². The van der Waals surface area contributed by atoms with Gasteiger partial charge in [0.05, 0.1) is 26.6 Å². The number of benzene rings is 3. The van der Waals surface area contributed by atoms with Gasteiger partial charge in [-0.1, -0.05) is 47.2 Å². The summed E-state index contributed by atoms with van der Waals surface area (Å²) in [6, 6.07) is 14.8. The van der Waals surface area contributed by atoms with Crippen molar-refractivity contribution in [3.05, 3.63) is 82.5 Å². The van der Waals surface area contributed by atoms with Gasteiger partial charge >= 0.3 is 0 Å². The van der Waals surface area contributed by atoms with Gasteiger partial charge in [-0.15, -0.1) is 0 Å². The number of thiazole rings is 1. The molecule has 0 bridgehead atoms. The van der Waals surface area contributed by atoms with Gasteiger partial charge in [-0.2, -0.15) is 5.26 Å². The van der Waals surface area contributed by atoms with E-state index in [1.807, 2.05) is 57.6 Å². The first-order valence-electron chi connectivity index (χ1n) is 14.6. The summed E-state index contributed by atoms with van der Waals surface area (Å²) >= 11 is 7.86. The molecule has 0 radical (unpaired) electrons. The molecule has 2 aromatic heterocycles. The summed E-state index contributed by atoms with van der Waals surface area (Å²) in [5.74, 6) is -1.17. The summed E-state index contributed by atoms with van der Waals surface area (Å²) < 4.78 is 31.9. The molecular formula is C34H32ClF2N7S. The van der Waals surface area contributed by atoms with Gasteiger partial charge in [-0.3, -0.25) is 0 Å². The third-order valence-corrected chi connectivity index (χ3v) is 9.64. The number of halogens is 3. The Morgan fingerprint density at radius 3 is 2.53 bits per heavy atom. The first-order valence-corrected chi connectivity index (χ1v) is 15.8. The lowest BCUT2D eigenvalue weighted by Crippen LogP contribution is -2.44. The van der Waals surface area contributed by atoms with Crippen molar-refractivity contribution < 1.29 is 8.78 Å². The maximum atomic E-state index is 17.0. The number of anilines is 2. The quantitative estimate of drug-likeness (QED) is 0.202. The number of aromatic nitrogens is 2. The summed E-state index contributed by atoms with van der Waals surface area (Å²) in [7, 11) is 4.00. The van der Waals surface area contributed by atoms with Crippen LogP contribution in [0.5, 0.6) is 0 Å². The molecule has 1 aliphatic rings. The summed E-state index contributed by atoms with van der Waals surface area (Å²) in [6.45, 7) is 6.77. The van der Waals surface area contributed by atoms with Gasteiger partial charge in [0.15, 0.2) is 10.9 Å². The van der Waals surface area contributed by atoms with Crippen LogP contribution in [-0.2, 0) is 0 Å². The third-order valence-electron chi connectivity index (χ3n) is 8.45. The lowest BCUT2D eigenvalue weighted by atomic mass is 9.95. The predicted molar refractivity (Wildman–Crippen MR) is 181 cm³/mol. The maximum Gasteiger partial charge on any atom is 0.181 e. The highest BCUT2D eigenvalue weighted by atomic mass is 35.5. The Bertz CT molecular complexity index is 2010. The summed E-state index contributed by atoms with van der Waals surface area (Å²) in [5, 5.41) is 11.4. The zero-order valence-electron chi connectivity index (χ0n) is 25.4. The number of nitrogen functional groups attached to an aromatic ring is 1. The minimum absolute atomic E-state index is 0.0569. The lowest BCUT2D eigenvalue weighted by molar-refractivity contribution is 0.321. The van der Waals surface area contributed by atoms with E-state index in [2.05, 4.69) is 32.7 Å². The van der Waals surface area contributed by atoms with Crippen molar-refractivity contribution in [2.75, 3.05) is 50.9 Å². The average Bonchev–Trinajstić information content (AvgIpc) is 3.44. The molecule has 1 fully saturated rings. The van der Waals surface area contributed by atoms with E-state index in [4.69, 9.17) is 22.3 Å². The highest BCUT2D eigenvalue weighted by molar-refractivity contribution is 7.22. The molecule has 1 saturated heterocycles. The number of hydrogen-bond donors (Lipinski definition) is 1. The molecule has 2 N–H and O–H groups in total. The largest absolute Gasteiger partial charge is 0.375 e. The second kappa shape index (κ2) is 12.2. The van der Waals surface area contributed by atoms with Gasteiger partial charge in [0, 0.05) is 54.3 Å². The molecule has 0 amide bonds. The SMILES string of the molecule is CC=CN1CCN(c2c(C#N)c(-c3cccc(C(C)N(C)C)c3)nc3c(F)c(-c4ccc(F)c5sc(N)nc45)c(Cl)cc23)CC1. The molecule has 0 aliphatic carbocycles. The van der Waals surface area contributed by atoms with Crippen LogP contribution in [0.2, 0.25) is 5.02 Å². The second-order valence-corrected chi connectivity index (χ2v) is 12.8. The van der Waals surface area contributed by atoms with Crippen molar-refractivity contribution in [2.45, 2.75) is 19.9 Å². The number of allylic oxidation sites excluding steroid dienone is 1. The molecule has 0 spiro atoms. The van der Waals surface area contributed by atoms with Gasteiger partial charge in [-0.25, -0.2) is 18.7 Å². The van der Waals surface area contributed by atoms with Gasteiger partial charge < -0.3 is 20.4 Å². The van der Waals surface area contributed by atoms with Crippen LogP contribution in [0.15, 0.2) is 54.7 Å². The number of hydrogen-bond acceptors (Lipinski definition) is 8. The van der Waals surface area contributed by atoms with Crippen LogP contribution in [-0.4, -0.2) is 60.0 Å². The van der Waals surface area contributed by atoms with E-state index in [1.54, 1.807) is 6.07 Å². The van der Waals surface area contributed by atoms with Crippen LogP contribution in [0.3, 0.4) is 0 Å². The Kier molecular flexibility index (Phi) is 8.35. The topological polar surface area (TPSA) is 85.3 Å². The minimum atomic E-state index is -0.672. The van der Waals surface area contributed by atoms with Crippen molar-refractivity contribution in [2.24, 2.45) is 0 Å². The van der Waals surface area contributed by atoms with E-state index in [0.717, 1.165) is 30.0 Å². The zero-order valence-corrected chi connectivity index (χ0v) is 27.0. The Labute approximate surface area is 269 Å². The van der Waals surface area contributed by atoms with Crippen LogP contribution >= 0.6 is 22.9 Å². The van der Waals surface area contributed by atoms with Crippen LogP contribution in [0.4, 0.5) is 19.6 Å². The molecule has 1 atom stereocenters. The molecule has 11 heteroatoms. The van der Waals surface area contributed by atoms with Crippen molar-refractivity contribution >= 4 is 54.9 Å². The Balaban J connectivity index is 1.64. The fourth-order valence-corrected chi connectivity index (χ4v) is 7.00. The van der Waals surface area contributed by atoms with Crippen molar-refractivity contribution in [1.29, 1.82) is 5.26 Å². The summed E-state index contributed by atoms with van der Waals surface area (Å²) in [5.41, 5.74) is 9.70. The normalized spacial score (nSPS) is 14.6. The Hall–Kier alpha value is -4.30. The van der Waals surface area contributed by atoms with E-state index in [9.17, 15) is 9.65 Å². The van der Waals surface area contributed by atoms with E-state index in [0.29, 0.717) is 46.5 Å². The van der Waals surface area contributed by atoms with E-state index >= 15 is 4.39 Å². The van der Waals surface area contributed by atoms with Crippen LogP contribution in [0, 0.1) is 23.0 Å². The van der Waals surface area contributed by atoms with E-state index in [-0.39, 0.29) is 37.5 Å². The van der Waals surface area contributed by atoms with Gasteiger partial charge in [-0.05, 0) is 64.0 Å². The first-order chi connectivity index (χ1) is 21.6. The molecule has 3 heterocycles. The molecular weight excluding hydrogens is 612 g/mol. The Morgan fingerprint density at radius 1 is 1.09 bits per heavy atom. The third kappa shape index (κ3) is 5.46. The maximum absolute atomic E-state index is 17.0. The van der Waals surface area contributed by atoms with Crippen LogP contribution < -0.4 is 10.6 Å². The van der Waals surface area contributed by atoms with Gasteiger partial charge in [0.2, 0.25) is 0 Å². The van der Waals surface area contributed by atoms with Gasteiger partial charge in [0.25, 0.3) is 0 Å². The molecule has 5 aromatic rings. The lowest BCUT2D eigenvalue weighted by Gasteiger charge is -2.37. The van der Waals surface area contributed by atoms with Crippen molar-refractivity contribution in [1.82, 2.24) is 19.8 Å². The number of rotatable bonds is 6. The molecule has 1 aliphatic heterocycles. The second-order valence-electron chi connectivity index (χ2n) is 11.3.